The summed E-state index contributed by atoms with van der Waals surface area (Å²) in [6.07, 6.45) is 4.97. The quantitative estimate of drug-likeness (QED) is 0.898. The highest BCUT2D eigenvalue weighted by atomic mass is 35.5. The summed E-state index contributed by atoms with van der Waals surface area (Å²) in [6, 6.07) is 8.07. The lowest BCUT2D eigenvalue weighted by atomic mass is 9.72. The summed E-state index contributed by atoms with van der Waals surface area (Å²) < 4.78 is 5.36. The van der Waals surface area contributed by atoms with Gasteiger partial charge in [-0.05, 0) is 61.1 Å². The summed E-state index contributed by atoms with van der Waals surface area (Å²) in [6.45, 7) is 4.55. The van der Waals surface area contributed by atoms with Gasteiger partial charge in [0.2, 0.25) is 0 Å². The number of hydrogen-bond donors (Lipinski definition) is 1. The van der Waals surface area contributed by atoms with Crippen molar-refractivity contribution in [3.8, 4) is 5.75 Å². The molecular weight excluding hydrogens is 336 g/mol. The lowest BCUT2D eigenvalue weighted by molar-refractivity contribution is -0.0562. The van der Waals surface area contributed by atoms with E-state index in [0.29, 0.717) is 0 Å². The maximum Gasteiger partial charge on any atom is 0.119 e. The Morgan fingerprint density at radius 1 is 1.36 bits per heavy atom. The number of aliphatic hydroxyl groups excluding tert-OH is 1. The smallest absolute Gasteiger partial charge is 0.119 e. The summed E-state index contributed by atoms with van der Waals surface area (Å²) >= 11 is 0. The zero-order valence-electron chi connectivity index (χ0n) is 14.9. The molecule has 5 rings (SSSR count). The fourth-order valence-corrected chi connectivity index (χ4v) is 4.71. The van der Waals surface area contributed by atoms with Gasteiger partial charge in [0, 0.05) is 24.2 Å². The summed E-state index contributed by atoms with van der Waals surface area (Å²) in [7, 11) is 1.67. The summed E-state index contributed by atoms with van der Waals surface area (Å²) in [5, 5.41) is 12.2. The van der Waals surface area contributed by atoms with Crippen LogP contribution in [0.3, 0.4) is 0 Å². The molecule has 3 aliphatic rings. The molecule has 136 valence electrons. The molecule has 0 saturated carbocycles. The van der Waals surface area contributed by atoms with E-state index in [1.165, 1.54) is 12.8 Å². The van der Waals surface area contributed by atoms with Crippen LogP contribution in [-0.4, -0.2) is 41.2 Å². The van der Waals surface area contributed by atoms with Gasteiger partial charge in [0.05, 0.1) is 18.7 Å². The van der Waals surface area contributed by atoms with Gasteiger partial charge in [-0.1, -0.05) is 13.3 Å². The number of fused-ring (bicyclic) bond motifs is 4. The Balaban J connectivity index is 0.00000182. The number of piperidine rings is 3. The van der Waals surface area contributed by atoms with Crippen molar-refractivity contribution in [2.75, 3.05) is 20.2 Å². The molecule has 5 unspecified atom stereocenters. The predicted molar refractivity (Wildman–Crippen MR) is 102 cm³/mol. The number of methoxy groups -OCH3 is 1. The lowest BCUT2D eigenvalue weighted by Gasteiger charge is -2.51. The Hall–Kier alpha value is -1.36. The van der Waals surface area contributed by atoms with Gasteiger partial charge in [0.1, 0.15) is 5.75 Å². The number of ether oxygens (including phenoxy) is 1. The maximum atomic E-state index is 11.2. The Morgan fingerprint density at radius 3 is 2.88 bits per heavy atom. The van der Waals surface area contributed by atoms with Crippen molar-refractivity contribution in [3.05, 3.63) is 36.0 Å². The molecule has 2 bridgehead atoms. The van der Waals surface area contributed by atoms with Crippen LogP contribution in [0, 0.1) is 11.8 Å². The number of pyridine rings is 1. The molecule has 1 N–H and O–H groups in total. The Bertz CT molecular complexity index is 739. The number of halogens is 1. The number of nitrogens with zero attached hydrogens (tertiary/aromatic N) is 2. The predicted octanol–water partition coefficient (Wildman–Crippen LogP) is 3.82. The van der Waals surface area contributed by atoms with E-state index in [1.54, 1.807) is 13.3 Å². The average Bonchev–Trinajstić information content (AvgIpc) is 2.66. The number of hydrogen-bond acceptors (Lipinski definition) is 4. The first-order valence-electron chi connectivity index (χ1n) is 9.06. The molecule has 4 heterocycles. The van der Waals surface area contributed by atoms with E-state index < -0.39 is 6.10 Å². The van der Waals surface area contributed by atoms with Crippen molar-refractivity contribution in [3.63, 3.8) is 0 Å². The number of aliphatic hydroxyl groups is 1. The van der Waals surface area contributed by atoms with Crippen LogP contribution in [0.4, 0.5) is 0 Å². The molecule has 1 aromatic heterocycles. The molecule has 2 aromatic rings. The molecule has 3 fully saturated rings. The first-order valence-corrected chi connectivity index (χ1v) is 9.06. The zero-order valence-corrected chi connectivity index (χ0v) is 15.7. The third-order valence-corrected chi connectivity index (χ3v) is 6.13. The first kappa shape index (κ1) is 18.4. The Kier molecular flexibility index (Phi) is 5.52. The molecule has 4 nitrogen and oxygen atoms in total. The van der Waals surface area contributed by atoms with E-state index in [2.05, 4.69) is 16.8 Å². The molecule has 5 atom stereocenters. The van der Waals surface area contributed by atoms with Gasteiger partial charge in [-0.15, -0.1) is 12.4 Å². The normalized spacial score (nSPS) is 29.2. The van der Waals surface area contributed by atoms with Crippen molar-refractivity contribution in [2.45, 2.75) is 38.3 Å². The Labute approximate surface area is 155 Å². The number of aromatic nitrogens is 1. The maximum absolute atomic E-state index is 11.2. The van der Waals surface area contributed by atoms with Crippen LogP contribution in [-0.2, 0) is 0 Å². The zero-order chi connectivity index (χ0) is 16.7. The topological polar surface area (TPSA) is 45.6 Å². The third kappa shape index (κ3) is 3.23. The third-order valence-electron chi connectivity index (χ3n) is 6.13. The van der Waals surface area contributed by atoms with Crippen LogP contribution in [0.15, 0.2) is 30.5 Å². The fraction of sp³-hybridized carbons (Fsp3) is 0.550. The summed E-state index contributed by atoms with van der Waals surface area (Å²) in [4.78, 5) is 6.94. The minimum absolute atomic E-state index is 0. The van der Waals surface area contributed by atoms with Gasteiger partial charge in [-0.3, -0.25) is 9.88 Å². The van der Waals surface area contributed by atoms with Crippen LogP contribution in [0.25, 0.3) is 10.9 Å². The highest BCUT2D eigenvalue weighted by Gasteiger charge is 2.42. The number of rotatable bonds is 4. The van der Waals surface area contributed by atoms with Crippen LogP contribution in [0.2, 0.25) is 0 Å². The Morgan fingerprint density at radius 2 is 2.20 bits per heavy atom. The molecule has 0 spiro atoms. The molecular formula is C20H27ClN2O2. The molecule has 1 aromatic carbocycles. The van der Waals surface area contributed by atoms with E-state index in [0.717, 1.165) is 53.6 Å². The van der Waals surface area contributed by atoms with E-state index >= 15 is 0 Å². The fourth-order valence-electron chi connectivity index (χ4n) is 4.71. The molecule has 3 aliphatic heterocycles. The van der Waals surface area contributed by atoms with Gasteiger partial charge < -0.3 is 9.84 Å². The molecule has 25 heavy (non-hydrogen) atoms. The standard InChI is InChI=1S/C20H26N2O2.ClH/c1-3-13-12-22-9-7-14(13)10-19(22)20(23)16-6-8-21-18-5-4-15(24-2)11-17(16)18;/h4-6,8,11,13-14,19-20,23H,3,7,9-10,12H2,1-2H3;1H. The van der Waals surface area contributed by atoms with Gasteiger partial charge in [-0.25, -0.2) is 0 Å². The van der Waals surface area contributed by atoms with Crippen LogP contribution in [0.1, 0.15) is 37.9 Å². The van der Waals surface area contributed by atoms with Crippen LogP contribution >= 0.6 is 12.4 Å². The van der Waals surface area contributed by atoms with Crippen molar-refractivity contribution < 1.29 is 9.84 Å². The van der Waals surface area contributed by atoms with E-state index in [-0.39, 0.29) is 18.4 Å². The van der Waals surface area contributed by atoms with E-state index in [9.17, 15) is 5.11 Å². The minimum atomic E-state index is -0.469. The highest BCUT2D eigenvalue weighted by Crippen LogP contribution is 2.42. The molecule has 0 radical (unpaired) electrons. The average molecular weight is 363 g/mol. The van der Waals surface area contributed by atoms with Gasteiger partial charge >= 0.3 is 0 Å². The SMILES string of the molecule is CCC1CN2CCC1CC2C(O)c1ccnc2ccc(OC)cc12.Cl. The van der Waals surface area contributed by atoms with Crippen molar-refractivity contribution in [1.82, 2.24) is 9.88 Å². The second-order valence-corrected chi connectivity index (χ2v) is 7.24. The molecule has 5 heteroatoms. The molecule has 3 saturated heterocycles. The van der Waals surface area contributed by atoms with Crippen LogP contribution < -0.4 is 4.74 Å². The van der Waals surface area contributed by atoms with E-state index in [4.69, 9.17) is 4.74 Å². The highest BCUT2D eigenvalue weighted by molar-refractivity contribution is 5.85. The minimum Gasteiger partial charge on any atom is -0.497 e. The van der Waals surface area contributed by atoms with Crippen LogP contribution in [0.5, 0.6) is 5.75 Å². The monoisotopic (exact) mass is 362 g/mol. The molecule has 0 aliphatic carbocycles. The first-order chi connectivity index (χ1) is 11.7. The van der Waals surface area contributed by atoms with Gasteiger partial charge in [-0.2, -0.15) is 0 Å². The number of benzene rings is 1. The van der Waals surface area contributed by atoms with Crippen molar-refractivity contribution >= 4 is 23.3 Å². The largest absolute Gasteiger partial charge is 0.497 e. The summed E-state index contributed by atoms with van der Waals surface area (Å²) in [5.41, 5.74) is 1.89. The van der Waals surface area contributed by atoms with Crippen molar-refractivity contribution in [2.24, 2.45) is 11.8 Å². The van der Waals surface area contributed by atoms with Crippen molar-refractivity contribution in [1.29, 1.82) is 0 Å². The van der Waals surface area contributed by atoms with Gasteiger partial charge in [0.25, 0.3) is 0 Å². The lowest BCUT2D eigenvalue weighted by Crippen LogP contribution is -2.55. The van der Waals surface area contributed by atoms with E-state index in [1.807, 2.05) is 24.3 Å². The summed E-state index contributed by atoms with van der Waals surface area (Å²) in [5.74, 6) is 2.37. The second-order valence-electron chi connectivity index (χ2n) is 7.24. The van der Waals surface area contributed by atoms with Gasteiger partial charge in [0.15, 0.2) is 0 Å². The second kappa shape index (κ2) is 7.48. The molecule has 0 amide bonds.